The number of allylic oxidation sites excluding steroid dienone is 1. The fourth-order valence-electron chi connectivity index (χ4n) is 4.00. The van der Waals surface area contributed by atoms with E-state index in [0.29, 0.717) is 5.75 Å². The lowest BCUT2D eigenvalue weighted by molar-refractivity contribution is 0.0697. The van der Waals surface area contributed by atoms with Crippen LogP contribution in [0.15, 0.2) is 67.3 Å². The van der Waals surface area contributed by atoms with Gasteiger partial charge in [-0.3, -0.25) is 0 Å². The molecule has 3 rings (SSSR count). The van der Waals surface area contributed by atoms with Crippen LogP contribution in [0.25, 0.3) is 21.9 Å². The summed E-state index contributed by atoms with van der Waals surface area (Å²) >= 11 is 0. The molecule has 0 saturated carbocycles. The van der Waals surface area contributed by atoms with Crippen molar-refractivity contribution >= 4 is 16.7 Å². The molecule has 0 aliphatic heterocycles. The van der Waals surface area contributed by atoms with Crippen LogP contribution in [0.4, 0.5) is 0 Å². The minimum atomic E-state index is -0.928. The third-order valence-electron chi connectivity index (χ3n) is 5.88. The van der Waals surface area contributed by atoms with Gasteiger partial charge in [0.2, 0.25) is 0 Å². The summed E-state index contributed by atoms with van der Waals surface area (Å²) in [5.74, 6) is -0.598. The Labute approximate surface area is 166 Å². The molecule has 3 nitrogen and oxygen atoms in total. The maximum Gasteiger partial charge on any atom is 0.335 e. The number of fused-ring (bicyclic) bond motifs is 1. The van der Waals surface area contributed by atoms with E-state index in [-0.39, 0.29) is 11.0 Å². The zero-order valence-electron chi connectivity index (χ0n) is 16.4. The van der Waals surface area contributed by atoms with Gasteiger partial charge >= 0.3 is 5.97 Å². The molecule has 2 N–H and O–H groups in total. The van der Waals surface area contributed by atoms with Crippen molar-refractivity contribution in [3.05, 3.63) is 78.4 Å². The van der Waals surface area contributed by atoms with E-state index in [2.05, 4.69) is 32.6 Å². The molecule has 0 amide bonds. The molecule has 0 radical (unpaired) electrons. The molecule has 28 heavy (non-hydrogen) atoms. The van der Waals surface area contributed by atoms with Crippen molar-refractivity contribution in [3.63, 3.8) is 0 Å². The summed E-state index contributed by atoms with van der Waals surface area (Å²) in [7, 11) is 0. The van der Waals surface area contributed by atoms with E-state index in [1.807, 2.05) is 36.4 Å². The van der Waals surface area contributed by atoms with Crippen molar-refractivity contribution in [2.24, 2.45) is 0 Å². The average Bonchev–Trinajstić information content (AvgIpc) is 2.71. The van der Waals surface area contributed by atoms with Gasteiger partial charge in [0.25, 0.3) is 0 Å². The summed E-state index contributed by atoms with van der Waals surface area (Å²) in [6.45, 7) is 8.21. The number of rotatable bonds is 7. The van der Waals surface area contributed by atoms with E-state index < -0.39 is 5.97 Å². The van der Waals surface area contributed by atoms with Crippen molar-refractivity contribution in [2.75, 3.05) is 0 Å². The molecule has 0 bridgehead atoms. The highest BCUT2D eigenvalue weighted by Gasteiger charge is 2.30. The average molecular weight is 374 g/mol. The first-order chi connectivity index (χ1) is 13.4. The Hall–Kier alpha value is -3.07. The SMILES string of the molecule is C=CCC(CC)(CC)c1cc2cc(-c3ccc(C(=O)O)cc3)ccc2cc1O. The molecule has 0 aliphatic carbocycles. The number of aromatic hydroxyl groups is 1. The third kappa shape index (κ3) is 3.53. The molecular weight excluding hydrogens is 348 g/mol. The van der Waals surface area contributed by atoms with Crippen LogP contribution in [-0.2, 0) is 5.41 Å². The molecule has 0 unspecified atom stereocenters. The van der Waals surface area contributed by atoms with Crippen LogP contribution < -0.4 is 0 Å². The smallest absolute Gasteiger partial charge is 0.335 e. The van der Waals surface area contributed by atoms with E-state index in [1.54, 1.807) is 12.1 Å². The van der Waals surface area contributed by atoms with Crippen LogP contribution in [0.1, 0.15) is 49.0 Å². The second-order valence-electron chi connectivity index (χ2n) is 7.29. The van der Waals surface area contributed by atoms with Crippen LogP contribution in [-0.4, -0.2) is 16.2 Å². The Balaban J connectivity index is 2.11. The molecule has 3 heteroatoms. The molecule has 144 valence electrons. The van der Waals surface area contributed by atoms with Crippen LogP contribution in [0, 0.1) is 0 Å². The van der Waals surface area contributed by atoms with Gasteiger partial charge in [0.1, 0.15) is 5.75 Å². The Morgan fingerprint density at radius 2 is 1.61 bits per heavy atom. The lowest BCUT2D eigenvalue weighted by Crippen LogP contribution is -2.23. The van der Waals surface area contributed by atoms with Gasteiger partial charge in [0.05, 0.1) is 5.56 Å². The topological polar surface area (TPSA) is 57.5 Å². The van der Waals surface area contributed by atoms with Crippen LogP contribution in [0.5, 0.6) is 5.75 Å². The molecule has 0 heterocycles. The first-order valence-electron chi connectivity index (χ1n) is 9.66. The fourth-order valence-corrected chi connectivity index (χ4v) is 4.00. The van der Waals surface area contributed by atoms with Crippen molar-refractivity contribution in [1.29, 1.82) is 0 Å². The zero-order chi connectivity index (χ0) is 20.3. The summed E-state index contributed by atoms with van der Waals surface area (Å²) in [4.78, 5) is 11.1. The molecule has 3 aromatic rings. The number of benzene rings is 3. The summed E-state index contributed by atoms with van der Waals surface area (Å²) in [6, 6.07) is 16.9. The zero-order valence-corrected chi connectivity index (χ0v) is 16.4. The van der Waals surface area contributed by atoms with Crippen molar-refractivity contribution in [2.45, 2.75) is 38.5 Å². The van der Waals surface area contributed by atoms with E-state index in [9.17, 15) is 9.90 Å². The molecule has 0 atom stereocenters. The number of carboxylic acids is 1. The molecule has 0 spiro atoms. The highest BCUT2D eigenvalue weighted by molar-refractivity contribution is 5.91. The number of phenols is 1. The highest BCUT2D eigenvalue weighted by Crippen LogP contribution is 2.42. The third-order valence-corrected chi connectivity index (χ3v) is 5.88. The minimum Gasteiger partial charge on any atom is -0.508 e. The van der Waals surface area contributed by atoms with E-state index in [0.717, 1.165) is 46.7 Å². The van der Waals surface area contributed by atoms with Gasteiger partial charge in [-0.2, -0.15) is 0 Å². The second-order valence-corrected chi connectivity index (χ2v) is 7.29. The number of hydrogen-bond acceptors (Lipinski definition) is 2. The maximum absolute atomic E-state index is 11.1. The number of aromatic carboxylic acids is 1. The minimum absolute atomic E-state index is 0.126. The van der Waals surface area contributed by atoms with Gasteiger partial charge in [0.15, 0.2) is 0 Å². The van der Waals surface area contributed by atoms with E-state index in [1.165, 1.54) is 0 Å². The van der Waals surface area contributed by atoms with Gasteiger partial charge in [-0.1, -0.05) is 44.2 Å². The first-order valence-corrected chi connectivity index (χ1v) is 9.66. The second kappa shape index (κ2) is 7.89. The summed E-state index contributed by atoms with van der Waals surface area (Å²) in [6.07, 6.45) is 4.59. The van der Waals surface area contributed by atoms with Gasteiger partial charge < -0.3 is 10.2 Å². The Morgan fingerprint density at radius 3 is 2.18 bits per heavy atom. The van der Waals surface area contributed by atoms with Crippen LogP contribution >= 0.6 is 0 Å². The van der Waals surface area contributed by atoms with Crippen molar-refractivity contribution in [1.82, 2.24) is 0 Å². The molecule has 0 aromatic heterocycles. The van der Waals surface area contributed by atoms with Crippen molar-refractivity contribution < 1.29 is 15.0 Å². The number of hydrogen-bond donors (Lipinski definition) is 2. The highest BCUT2D eigenvalue weighted by atomic mass is 16.4. The van der Waals surface area contributed by atoms with E-state index >= 15 is 0 Å². The van der Waals surface area contributed by atoms with Gasteiger partial charge in [-0.15, -0.1) is 6.58 Å². The van der Waals surface area contributed by atoms with Crippen LogP contribution in [0.3, 0.4) is 0 Å². The van der Waals surface area contributed by atoms with Crippen molar-refractivity contribution in [3.8, 4) is 16.9 Å². The molecule has 0 aliphatic rings. The summed E-state index contributed by atoms with van der Waals surface area (Å²) in [5, 5.41) is 21.8. The maximum atomic E-state index is 11.1. The standard InChI is InChI=1S/C25H26O3/c1-4-13-25(5-2,6-3)22-15-21-14-19(11-12-20(21)16-23(22)26)17-7-9-18(10-8-17)24(27)28/h4,7-12,14-16,26H,1,5-6,13H2,2-3H3,(H,27,28). The summed E-state index contributed by atoms with van der Waals surface area (Å²) in [5.41, 5.74) is 3.09. The largest absolute Gasteiger partial charge is 0.508 e. The number of carbonyl (C=O) groups is 1. The number of carboxylic acid groups (broad SMARTS) is 1. The van der Waals surface area contributed by atoms with Gasteiger partial charge in [-0.05, 0) is 71.5 Å². The predicted molar refractivity (Wildman–Crippen MR) is 115 cm³/mol. The molecular formula is C25H26O3. The lowest BCUT2D eigenvalue weighted by Gasteiger charge is -2.32. The molecule has 0 saturated heterocycles. The Morgan fingerprint density at radius 1 is 0.964 bits per heavy atom. The normalized spacial score (nSPS) is 11.5. The van der Waals surface area contributed by atoms with E-state index in [4.69, 9.17) is 5.11 Å². The predicted octanol–water partition coefficient (Wildman–Crippen LogP) is 6.54. The Bertz CT molecular complexity index is 1010. The lowest BCUT2D eigenvalue weighted by atomic mass is 9.72. The monoisotopic (exact) mass is 374 g/mol. The van der Waals surface area contributed by atoms with Crippen LogP contribution in [0.2, 0.25) is 0 Å². The summed E-state index contributed by atoms with van der Waals surface area (Å²) < 4.78 is 0. The number of phenolic OH excluding ortho intramolecular Hbond substituents is 1. The Kier molecular flexibility index (Phi) is 5.55. The molecule has 0 fully saturated rings. The van der Waals surface area contributed by atoms with Gasteiger partial charge in [0, 0.05) is 11.0 Å². The molecule has 3 aromatic carbocycles. The van der Waals surface area contributed by atoms with Gasteiger partial charge in [-0.25, -0.2) is 4.79 Å². The fraction of sp³-hybridized carbons (Fsp3) is 0.240. The first kappa shape index (κ1) is 19.7. The quantitative estimate of drug-likeness (QED) is 0.461.